The van der Waals surface area contributed by atoms with Gasteiger partial charge in [-0.05, 0) is 25.1 Å². The highest BCUT2D eigenvalue weighted by Gasteiger charge is 2.11. The van der Waals surface area contributed by atoms with Crippen LogP contribution in [-0.2, 0) is 0 Å². The van der Waals surface area contributed by atoms with Crippen molar-refractivity contribution in [3.8, 4) is 11.3 Å². The van der Waals surface area contributed by atoms with Gasteiger partial charge in [-0.15, -0.1) is 11.3 Å². The molecule has 0 aliphatic heterocycles. The van der Waals surface area contributed by atoms with Crippen molar-refractivity contribution in [1.82, 2.24) is 4.98 Å². The van der Waals surface area contributed by atoms with Gasteiger partial charge >= 0.3 is 0 Å². The Morgan fingerprint density at radius 2 is 2.20 bits per heavy atom. The Hall–Kier alpha value is -0.580. The summed E-state index contributed by atoms with van der Waals surface area (Å²) in [4.78, 5) is 4.39. The molecule has 0 fully saturated rings. The molecule has 0 saturated heterocycles. The standard InChI is InChI=1S/C10H8BrClN2S/c1-5-14-9(10(13)15-5)7-4-6(12)2-3-8(7)11/h2-4H,13H2,1H3. The maximum absolute atomic E-state index is 5.94. The minimum Gasteiger partial charge on any atom is -0.389 e. The molecule has 2 N–H and O–H groups in total. The SMILES string of the molecule is Cc1nc(-c2cc(Cl)ccc2Br)c(N)s1. The molecule has 2 nitrogen and oxygen atoms in total. The van der Waals surface area contributed by atoms with Crippen LogP contribution in [0.15, 0.2) is 22.7 Å². The Kier molecular flexibility index (Phi) is 3.00. The predicted octanol–water partition coefficient (Wildman–Crippen LogP) is 4.12. The molecule has 0 amide bonds. The summed E-state index contributed by atoms with van der Waals surface area (Å²) in [6.45, 7) is 1.93. The zero-order valence-electron chi connectivity index (χ0n) is 7.92. The van der Waals surface area contributed by atoms with Gasteiger partial charge in [0.05, 0.1) is 5.01 Å². The van der Waals surface area contributed by atoms with Crippen molar-refractivity contribution < 1.29 is 0 Å². The molecule has 0 aliphatic carbocycles. The lowest BCUT2D eigenvalue weighted by Gasteiger charge is -2.02. The number of anilines is 1. The zero-order valence-corrected chi connectivity index (χ0v) is 11.1. The quantitative estimate of drug-likeness (QED) is 0.861. The molecule has 78 valence electrons. The molecule has 2 rings (SSSR count). The van der Waals surface area contributed by atoms with Crippen LogP contribution in [0, 0.1) is 6.92 Å². The first-order valence-corrected chi connectivity index (χ1v) is 6.25. The molecule has 1 aromatic carbocycles. The number of rotatable bonds is 1. The second kappa shape index (κ2) is 4.12. The molecule has 2 aromatic rings. The first-order valence-electron chi connectivity index (χ1n) is 4.26. The smallest absolute Gasteiger partial charge is 0.114 e. The van der Waals surface area contributed by atoms with E-state index in [0.717, 1.165) is 25.7 Å². The minimum atomic E-state index is 0.679. The normalized spacial score (nSPS) is 10.6. The van der Waals surface area contributed by atoms with Crippen LogP contribution in [-0.4, -0.2) is 4.98 Å². The predicted molar refractivity (Wildman–Crippen MR) is 69.4 cm³/mol. The van der Waals surface area contributed by atoms with E-state index in [1.165, 1.54) is 11.3 Å². The zero-order chi connectivity index (χ0) is 11.0. The minimum absolute atomic E-state index is 0.679. The first-order chi connectivity index (χ1) is 7.08. The van der Waals surface area contributed by atoms with Crippen molar-refractivity contribution in [3.05, 3.63) is 32.7 Å². The lowest BCUT2D eigenvalue weighted by Crippen LogP contribution is -1.87. The summed E-state index contributed by atoms with van der Waals surface area (Å²) in [7, 11) is 0. The first kappa shape index (κ1) is 10.9. The Balaban J connectivity index is 2.62. The van der Waals surface area contributed by atoms with E-state index in [0.29, 0.717) is 5.02 Å². The number of hydrogen-bond acceptors (Lipinski definition) is 3. The van der Waals surface area contributed by atoms with Crippen LogP contribution in [0.3, 0.4) is 0 Å². The van der Waals surface area contributed by atoms with Crippen molar-refractivity contribution in [2.45, 2.75) is 6.92 Å². The number of nitrogens with two attached hydrogens (primary N) is 1. The second-order valence-corrected chi connectivity index (χ2v) is 5.60. The Bertz CT molecular complexity index is 510. The Morgan fingerprint density at radius 1 is 1.47 bits per heavy atom. The molecule has 1 aromatic heterocycles. The lowest BCUT2D eigenvalue weighted by atomic mass is 10.2. The lowest BCUT2D eigenvalue weighted by molar-refractivity contribution is 1.29. The highest BCUT2D eigenvalue weighted by Crippen LogP contribution is 2.36. The molecule has 0 aliphatic rings. The highest BCUT2D eigenvalue weighted by atomic mass is 79.9. The fourth-order valence-electron chi connectivity index (χ4n) is 1.31. The van der Waals surface area contributed by atoms with Gasteiger partial charge in [-0.25, -0.2) is 4.98 Å². The van der Waals surface area contributed by atoms with E-state index in [2.05, 4.69) is 20.9 Å². The van der Waals surface area contributed by atoms with E-state index in [-0.39, 0.29) is 0 Å². The number of aryl methyl sites for hydroxylation is 1. The molecule has 1 heterocycles. The van der Waals surface area contributed by atoms with Crippen LogP contribution in [0.25, 0.3) is 11.3 Å². The van der Waals surface area contributed by atoms with E-state index in [1.807, 2.05) is 25.1 Å². The molecular weight excluding hydrogens is 296 g/mol. The molecule has 5 heteroatoms. The number of benzene rings is 1. The summed E-state index contributed by atoms with van der Waals surface area (Å²) in [6.07, 6.45) is 0. The van der Waals surface area contributed by atoms with Crippen LogP contribution in [0.4, 0.5) is 5.00 Å². The van der Waals surface area contributed by atoms with Crippen molar-refractivity contribution in [1.29, 1.82) is 0 Å². The fraction of sp³-hybridized carbons (Fsp3) is 0.100. The fourth-order valence-corrected chi connectivity index (χ4v) is 2.63. The molecule has 0 saturated carbocycles. The third kappa shape index (κ3) is 2.17. The summed E-state index contributed by atoms with van der Waals surface area (Å²) in [5.41, 5.74) is 7.62. The molecule has 15 heavy (non-hydrogen) atoms. The van der Waals surface area contributed by atoms with E-state index in [1.54, 1.807) is 0 Å². The summed E-state index contributed by atoms with van der Waals surface area (Å²) in [5, 5.41) is 2.35. The van der Waals surface area contributed by atoms with E-state index in [4.69, 9.17) is 17.3 Å². The van der Waals surface area contributed by atoms with Crippen LogP contribution < -0.4 is 5.73 Å². The van der Waals surface area contributed by atoms with Gasteiger partial charge in [0.15, 0.2) is 0 Å². The van der Waals surface area contributed by atoms with Gasteiger partial charge in [-0.3, -0.25) is 0 Å². The maximum atomic E-state index is 5.94. The van der Waals surface area contributed by atoms with Gasteiger partial charge in [0, 0.05) is 15.1 Å². The van der Waals surface area contributed by atoms with Gasteiger partial charge in [-0.1, -0.05) is 27.5 Å². The third-order valence-electron chi connectivity index (χ3n) is 1.94. The summed E-state index contributed by atoms with van der Waals surface area (Å²) < 4.78 is 0.948. The average molecular weight is 304 g/mol. The molecule has 0 bridgehead atoms. The third-order valence-corrected chi connectivity index (χ3v) is 3.67. The van der Waals surface area contributed by atoms with Gasteiger partial charge in [0.1, 0.15) is 10.7 Å². The van der Waals surface area contributed by atoms with E-state index < -0.39 is 0 Å². The number of aromatic nitrogens is 1. The van der Waals surface area contributed by atoms with Crippen molar-refractivity contribution in [2.75, 3.05) is 5.73 Å². The second-order valence-electron chi connectivity index (χ2n) is 3.07. The van der Waals surface area contributed by atoms with Gasteiger partial charge in [0.2, 0.25) is 0 Å². The number of halogens is 2. The molecule has 0 radical (unpaired) electrons. The van der Waals surface area contributed by atoms with Crippen molar-refractivity contribution >= 4 is 43.9 Å². The number of nitrogen functional groups attached to an aromatic ring is 1. The van der Waals surface area contributed by atoms with Crippen LogP contribution in [0.2, 0.25) is 5.02 Å². The largest absolute Gasteiger partial charge is 0.389 e. The molecule has 0 unspecified atom stereocenters. The topological polar surface area (TPSA) is 38.9 Å². The number of nitrogens with zero attached hydrogens (tertiary/aromatic N) is 1. The molecular formula is C10H8BrClN2S. The van der Waals surface area contributed by atoms with Crippen LogP contribution >= 0.6 is 38.9 Å². The highest BCUT2D eigenvalue weighted by molar-refractivity contribution is 9.10. The van der Waals surface area contributed by atoms with Crippen molar-refractivity contribution in [3.63, 3.8) is 0 Å². The van der Waals surface area contributed by atoms with Gasteiger partial charge in [-0.2, -0.15) is 0 Å². The summed E-state index contributed by atoms with van der Waals surface area (Å²) in [5.74, 6) is 0. The van der Waals surface area contributed by atoms with E-state index in [9.17, 15) is 0 Å². The number of hydrogen-bond donors (Lipinski definition) is 1. The van der Waals surface area contributed by atoms with E-state index >= 15 is 0 Å². The Labute approximate surface area is 105 Å². The monoisotopic (exact) mass is 302 g/mol. The van der Waals surface area contributed by atoms with Crippen molar-refractivity contribution in [2.24, 2.45) is 0 Å². The van der Waals surface area contributed by atoms with Gasteiger partial charge < -0.3 is 5.73 Å². The summed E-state index contributed by atoms with van der Waals surface area (Å²) in [6, 6.07) is 5.58. The summed E-state index contributed by atoms with van der Waals surface area (Å²) >= 11 is 10.9. The maximum Gasteiger partial charge on any atom is 0.114 e. The van der Waals surface area contributed by atoms with Crippen LogP contribution in [0.1, 0.15) is 5.01 Å². The number of thiazole rings is 1. The Morgan fingerprint density at radius 3 is 2.80 bits per heavy atom. The molecule has 0 spiro atoms. The van der Waals surface area contributed by atoms with Gasteiger partial charge in [0.25, 0.3) is 0 Å². The van der Waals surface area contributed by atoms with Crippen LogP contribution in [0.5, 0.6) is 0 Å². The average Bonchev–Trinajstić information content (AvgIpc) is 2.50. The molecule has 0 atom stereocenters.